The summed E-state index contributed by atoms with van der Waals surface area (Å²) < 4.78 is 0.193. The van der Waals surface area contributed by atoms with Crippen LogP contribution in [0.2, 0.25) is 0 Å². The van der Waals surface area contributed by atoms with E-state index < -0.39 is 0 Å². The number of carbonyl (C=O) groups excluding carboxylic acids is 1. The summed E-state index contributed by atoms with van der Waals surface area (Å²) in [4.78, 5) is 10.1. The second kappa shape index (κ2) is 4.84. The molecule has 0 aromatic carbocycles. The van der Waals surface area contributed by atoms with Gasteiger partial charge in [0.1, 0.15) is 0 Å². The molecule has 0 amide bonds. The molecule has 0 spiro atoms. The highest BCUT2D eigenvalue weighted by Gasteiger charge is 1.90. The highest BCUT2D eigenvalue weighted by Crippen LogP contribution is 1.97. The lowest BCUT2D eigenvalue weighted by atomic mass is 10.4. The van der Waals surface area contributed by atoms with Crippen molar-refractivity contribution in [3.8, 4) is 0 Å². The first-order valence-corrected chi connectivity index (χ1v) is 3.63. The van der Waals surface area contributed by atoms with Crippen molar-refractivity contribution in [2.45, 2.75) is 12.8 Å². The molecule has 0 saturated carbocycles. The molecule has 0 atom stereocenters. The highest BCUT2D eigenvalue weighted by atomic mass is 127. The van der Waals surface area contributed by atoms with E-state index >= 15 is 0 Å². The Kier molecular flexibility index (Phi) is 5.32. The predicted molar refractivity (Wildman–Crippen MR) is 39.0 cm³/mol. The van der Waals surface area contributed by atoms with Crippen molar-refractivity contribution < 1.29 is 4.79 Å². The topological polar surface area (TPSA) is 17.1 Å². The minimum atomic E-state index is 0.193. The van der Waals surface area contributed by atoms with Crippen LogP contribution in [-0.2, 0) is 4.79 Å². The number of hydrogen-bond acceptors (Lipinski definition) is 1. The lowest BCUT2D eigenvalue weighted by Gasteiger charge is -1.83. The molecule has 0 aliphatic heterocycles. The molecule has 3 heteroatoms. The van der Waals surface area contributed by atoms with Crippen LogP contribution >= 0.6 is 34.2 Å². The molecule has 0 radical (unpaired) electrons. The normalized spacial score (nSPS) is 8.86. The molecular formula is C4H6ClIO. The van der Waals surface area contributed by atoms with Crippen molar-refractivity contribution in [3.63, 3.8) is 0 Å². The molecule has 0 aromatic heterocycles. The van der Waals surface area contributed by atoms with Crippen LogP contribution in [0.1, 0.15) is 12.8 Å². The van der Waals surface area contributed by atoms with E-state index in [0.29, 0.717) is 12.3 Å². The third kappa shape index (κ3) is 6.69. The van der Waals surface area contributed by atoms with Crippen LogP contribution in [0.15, 0.2) is 0 Å². The molecule has 42 valence electrons. The molecule has 1 nitrogen and oxygen atoms in total. The van der Waals surface area contributed by atoms with Gasteiger partial charge in [0.05, 0.1) is 0 Å². The molecule has 7 heavy (non-hydrogen) atoms. The highest BCUT2D eigenvalue weighted by molar-refractivity contribution is 14.1. The largest absolute Gasteiger partial charge is 0.288 e. The minimum absolute atomic E-state index is 0.193. The van der Waals surface area contributed by atoms with Crippen molar-refractivity contribution in [2.75, 3.05) is 5.88 Å². The molecule has 0 saturated heterocycles. The number of carbonyl (C=O) groups is 1. The zero-order chi connectivity index (χ0) is 5.70. The van der Waals surface area contributed by atoms with Gasteiger partial charge in [-0.1, -0.05) is 0 Å². The van der Waals surface area contributed by atoms with Gasteiger partial charge in [-0.25, -0.2) is 0 Å². The fraction of sp³-hybridized carbons (Fsp3) is 0.750. The van der Waals surface area contributed by atoms with Gasteiger partial charge in [0.25, 0.3) is 0 Å². The van der Waals surface area contributed by atoms with E-state index in [-0.39, 0.29) is 3.79 Å². The monoisotopic (exact) mass is 232 g/mol. The molecule has 0 rings (SSSR count). The van der Waals surface area contributed by atoms with Crippen molar-refractivity contribution in [1.82, 2.24) is 0 Å². The Morgan fingerprint density at radius 2 is 2.29 bits per heavy atom. The maximum atomic E-state index is 10.1. The number of hydrogen-bond donors (Lipinski definition) is 0. The summed E-state index contributed by atoms with van der Waals surface area (Å²) in [6.07, 6.45) is 1.42. The number of rotatable bonds is 3. The van der Waals surface area contributed by atoms with E-state index in [1.165, 1.54) is 0 Å². The Balaban J connectivity index is 2.82. The zero-order valence-corrected chi connectivity index (χ0v) is 6.70. The first kappa shape index (κ1) is 7.69. The summed E-state index contributed by atoms with van der Waals surface area (Å²) in [6.45, 7) is 0. The Labute approximate surface area is 61.6 Å². The summed E-state index contributed by atoms with van der Waals surface area (Å²) in [5.41, 5.74) is 0. The summed E-state index contributed by atoms with van der Waals surface area (Å²) in [7, 11) is 0. The van der Waals surface area contributed by atoms with Crippen LogP contribution in [0, 0.1) is 0 Å². The maximum Gasteiger partial charge on any atom is 0.192 e. The molecule has 0 heterocycles. The van der Waals surface area contributed by atoms with Crippen LogP contribution < -0.4 is 0 Å². The van der Waals surface area contributed by atoms with Crippen LogP contribution in [0.5, 0.6) is 0 Å². The van der Waals surface area contributed by atoms with Crippen LogP contribution in [0.3, 0.4) is 0 Å². The Bertz CT molecular complexity index is 64.7. The summed E-state index contributed by atoms with van der Waals surface area (Å²) in [5.74, 6) is 0.592. The van der Waals surface area contributed by atoms with Gasteiger partial charge in [0, 0.05) is 12.3 Å². The standard InChI is InChI=1S/C4H6ClIO/c5-3-1-2-4(6)7/h1-3H2. The second-order valence-electron chi connectivity index (χ2n) is 1.15. The Morgan fingerprint density at radius 1 is 1.71 bits per heavy atom. The van der Waals surface area contributed by atoms with Crippen LogP contribution in [0.25, 0.3) is 0 Å². The summed E-state index contributed by atoms with van der Waals surface area (Å²) in [5, 5.41) is 0. The van der Waals surface area contributed by atoms with Crippen molar-refractivity contribution in [1.29, 1.82) is 0 Å². The van der Waals surface area contributed by atoms with Gasteiger partial charge >= 0.3 is 0 Å². The second-order valence-corrected chi connectivity index (χ2v) is 2.73. The molecule has 0 bridgehead atoms. The van der Waals surface area contributed by atoms with Gasteiger partial charge in [0.2, 0.25) is 0 Å². The number of alkyl halides is 1. The lowest BCUT2D eigenvalue weighted by Crippen LogP contribution is -1.83. The Hall–Kier alpha value is 0.690. The maximum absolute atomic E-state index is 10.1. The van der Waals surface area contributed by atoms with Gasteiger partial charge in [-0.15, -0.1) is 11.6 Å². The number of halogens is 2. The molecule has 0 unspecified atom stereocenters. The summed E-state index contributed by atoms with van der Waals surface area (Å²) in [6, 6.07) is 0. The molecular weight excluding hydrogens is 226 g/mol. The van der Waals surface area contributed by atoms with Crippen molar-refractivity contribution in [3.05, 3.63) is 0 Å². The van der Waals surface area contributed by atoms with Crippen molar-refractivity contribution in [2.24, 2.45) is 0 Å². The average Bonchev–Trinajstić information content (AvgIpc) is 1.61. The van der Waals surface area contributed by atoms with E-state index in [9.17, 15) is 4.79 Å². The minimum Gasteiger partial charge on any atom is -0.288 e. The quantitative estimate of drug-likeness (QED) is 0.413. The third-order valence-corrected chi connectivity index (χ3v) is 1.31. The molecule has 0 aliphatic rings. The van der Waals surface area contributed by atoms with Gasteiger partial charge in [-0.2, -0.15) is 0 Å². The van der Waals surface area contributed by atoms with Gasteiger partial charge < -0.3 is 0 Å². The third-order valence-electron chi connectivity index (χ3n) is 0.507. The molecule has 0 aliphatic carbocycles. The van der Waals surface area contributed by atoms with Crippen molar-refractivity contribution >= 4 is 38.0 Å². The van der Waals surface area contributed by atoms with E-state index in [1.807, 2.05) is 0 Å². The van der Waals surface area contributed by atoms with Gasteiger partial charge in [-0.05, 0) is 29.0 Å². The zero-order valence-electron chi connectivity index (χ0n) is 3.79. The molecule has 0 aromatic rings. The average molecular weight is 232 g/mol. The van der Waals surface area contributed by atoms with E-state index in [0.717, 1.165) is 6.42 Å². The molecule has 0 N–H and O–H groups in total. The summed E-state index contributed by atoms with van der Waals surface area (Å²) >= 11 is 7.06. The van der Waals surface area contributed by atoms with E-state index in [4.69, 9.17) is 11.6 Å². The Morgan fingerprint density at radius 3 is 2.43 bits per heavy atom. The molecule has 0 fully saturated rings. The fourth-order valence-electron chi connectivity index (χ4n) is 0.206. The van der Waals surface area contributed by atoms with Gasteiger partial charge in [-0.3, -0.25) is 4.79 Å². The van der Waals surface area contributed by atoms with Crippen LogP contribution in [0.4, 0.5) is 0 Å². The lowest BCUT2D eigenvalue weighted by molar-refractivity contribution is -0.109. The van der Waals surface area contributed by atoms with Crippen LogP contribution in [-0.4, -0.2) is 9.67 Å². The predicted octanol–water partition coefficient (Wildman–Crippen LogP) is 1.97. The first-order chi connectivity index (χ1) is 3.27. The van der Waals surface area contributed by atoms with E-state index in [1.54, 1.807) is 22.6 Å². The van der Waals surface area contributed by atoms with Gasteiger partial charge in [0.15, 0.2) is 3.79 Å². The van der Waals surface area contributed by atoms with E-state index in [2.05, 4.69) is 0 Å². The first-order valence-electron chi connectivity index (χ1n) is 2.01. The SMILES string of the molecule is O=C(I)CCCCl. The fourth-order valence-corrected chi connectivity index (χ4v) is 0.721. The smallest absolute Gasteiger partial charge is 0.192 e.